The summed E-state index contributed by atoms with van der Waals surface area (Å²) in [7, 11) is 0. The monoisotopic (exact) mass is 240 g/mol. The third-order valence-electron chi connectivity index (χ3n) is 0.862. The number of carbonyl (C=O) groups is 2. The summed E-state index contributed by atoms with van der Waals surface area (Å²) in [5.74, 6) is -1.67. The highest BCUT2D eigenvalue weighted by molar-refractivity contribution is 5.63. The number of aliphatic carboxylic acids is 2. The molecule has 0 radical (unpaired) electrons. The lowest BCUT2D eigenvalue weighted by molar-refractivity contribution is -0.263. The molecule has 2 atom stereocenters. The molecule has 1 rings (SSSR count). The fourth-order valence-corrected chi connectivity index (χ4v) is 0.483. The van der Waals surface area contributed by atoms with Gasteiger partial charge in [-0.2, -0.15) is 0 Å². The highest BCUT2D eigenvalue weighted by Crippen LogP contribution is 2.00. The molecule has 1 saturated heterocycles. The molecule has 0 aliphatic carbocycles. The molecule has 4 N–H and O–H groups in total. The van der Waals surface area contributed by atoms with Gasteiger partial charge in [-0.1, -0.05) is 0 Å². The summed E-state index contributed by atoms with van der Waals surface area (Å²) < 4.78 is 9.14. The topological polar surface area (TPSA) is 134 Å². The summed E-state index contributed by atoms with van der Waals surface area (Å²) in [5, 5.41) is 32.0. The molecule has 0 unspecified atom stereocenters. The number of hydrogen-bond acceptors (Lipinski definition) is 6. The summed E-state index contributed by atoms with van der Waals surface area (Å²) in [5.41, 5.74) is 0. The number of carboxylic acids is 2. The maximum absolute atomic E-state index is 9.00. The Morgan fingerprint density at radius 1 is 0.938 bits per heavy atom. The Balaban J connectivity index is 0. The van der Waals surface area contributed by atoms with Crippen LogP contribution < -0.4 is 0 Å². The summed E-state index contributed by atoms with van der Waals surface area (Å²) in [6, 6.07) is 0. The molecule has 96 valence electrons. The Morgan fingerprint density at radius 3 is 1.25 bits per heavy atom. The van der Waals surface area contributed by atoms with Gasteiger partial charge in [0.25, 0.3) is 11.9 Å². The van der Waals surface area contributed by atoms with Crippen molar-refractivity contribution in [2.24, 2.45) is 0 Å². The van der Waals surface area contributed by atoms with Gasteiger partial charge in [0.15, 0.2) is 12.6 Å². The van der Waals surface area contributed by atoms with Gasteiger partial charge in [-0.25, -0.2) is 0 Å². The number of ether oxygens (including phenoxy) is 2. The van der Waals surface area contributed by atoms with Crippen molar-refractivity contribution in [1.82, 2.24) is 0 Å². The van der Waals surface area contributed by atoms with E-state index in [-0.39, 0.29) is 13.2 Å². The van der Waals surface area contributed by atoms with E-state index in [4.69, 9.17) is 30.0 Å². The van der Waals surface area contributed by atoms with Gasteiger partial charge in [0.05, 0.1) is 0 Å². The Kier molecular flexibility index (Phi) is 11.1. The van der Waals surface area contributed by atoms with Crippen LogP contribution in [0.4, 0.5) is 0 Å². The minimum atomic E-state index is -0.863. The molecule has 0 saturated carbocycles. The molecule has 0 aromatic heterocycles. The third kappa shape index (κ3) is 23.0. The number of carboxylic acid groups (broad SMARTS) is 2. The zero-order valence-electron chi connectivity index (χ0n) is 8.99. The smallest absolute Gasteiger partial charge is 0.300 e. The van der Waals surface area contributed by atoms with Crippen molar-refractivity contribution in [3.05, 3.63) is 0 Å². The zero-order valence-corrected chi connectivity index (χ0v) is 8.99. The molecule has 8 heteroatoms. The largest absolute Gasteiger partial charge is 0.481 e. The van der Waals surface area contributed by atoms with Crippen molar-refractivity contribution in [2.75, 3.05) is 13.2 Å². The van der Waals surface area contributed by atoms with E-state index < -0.39 is 24.5 Å². The average molecular weight is 240 g/mol. The van der Waals surface area contributed by atoms with Crippen LogP contribution in [0.15, 0.2) is 0 Å². The Labute approximate surface area is 92.0 Å². The highest BCUT2D eigenvalue weighted by Gasteiger charge is 2.16. The molecular formula is C8H16O8. The van der Waals surface area contributed by atoms with Crippen molar-refractivity contribution in [3.63, 3.8) is 0 Å². The maximum Gasteiger partial charge on any atom is 0.300 e. The SMILES string of the molecule is CC(=O)O.CC(=O)O.O[C@@H]1CO[C@@H](O)CO1. The van der Waals surface area contributed by atoms with Crippen LogP contribution in [0.3, 0.4) is 0 Å². The zero-order chi connectivity index (χ0) is 13.1. The lowest BCUT2D eigenvalue weighted by Crippen LogP contribution is -2.34. The van der Waals surface area contributed by atoms with Gasteiger partial charge in [0, 0.05) is 13.8 Å². The second-order valence-electron chi connectivity index (χ2n) is 2.61. The second kappa shape index (κ2) is 10.3. The number of aliphatic hydroxyl groups excluding tert-OH is 2. The lowest BCUT2D eigenvalue weighted by Gasteiger charge is -2.22. The van der Waals surface area contributed by atoms with Crippen molar-refractivity contribution in [1.29, 1.82) is 0 Å². The molecule has 1 fully saturated rings. The molecule has 0 aromatic carbocycles. The molecule has 0 amide bonds. The van der Waals surface area contributed by atoms with Crippen LogP contribution in [-0.4, -0.2) is 58.2 Å². The molecule has 0 aromatic rings. The molecule has 16 heavy (non-hydrogen) atoms. The van der Waals surface area contributed by atoms with Gasteiger partial charge in [-0.05, 0) is 0 Å². The second-order valence-corrected chi connectivity index (χ2v) is 2.61. The van der Waals surface area contributed by atoms with Gasteiger partial charge in [0.2, 0.25) is 0 Å². The molecule has 1 aliphatic rings. The summed E-state index contributed by atoms with van der Waals surface area (Å²) in [4.78, 5) is 18.0. The van der Waals surface area contributed by atoms with Crippen LogP contribution in [0.25, 0.3) is 0 Å². The molecule has 0 spiro atoms. The Hall–Kier alpha value is -1.22. The maximum atomic E-state index is 9.00. The van der Waals surface area contributed by atoms with E-state index in [9.17, 15) is 0 Å². The first-order valence-electron chi connectivity index (χ1n) is 4.24. The fourth-order valence-electron chi connectivity index (χ4n) is 0.483. The predicted octanol–water partition coefficient (Wildman–Crippen LogP) is -1.15. The normalized spacial score (nSPS) is 23.0. The minimum Gasteiger partial charge on any atom is -0.481 e. The number of rotatable bonds is 0. The van der Waals surface area contributed by atoms with Gasteiger partial charge < -0.3 is 29.9 Å². The third-order valence-corrected chi connectivity index (χ3v) is 0.862. The fraction of sp³-hybridized carbons (Fsp3) is 0.750. The predicted molar refractivity (Wildman–Crippen MR) is 50.5 cm³/mol. The molecule has 0 bridgehead atoms. The van der Waals surface area contributed by atoms with Crippen molar-refractivity contribution in [3.8, 4) is 0 Å². The first kappa shape index (κ1) is 17.2. The van der Waals surface area contributed by atoms with Crippen LogP contribution in [0.2, 0.25) is 0 Å². The summed E-state index contributed by atoms with van der Waals surface area (Å²) >= 11 is 0. The van der Waals surface area contributed by atoms with Gasteiger partial charge >= 0.3 is 0 Å². The van der Waals surface area contributed by atoms with Crippen LogP contribution in [0.5, 0.6) is 0 Å². The van der Waals surface area contributed by atoms with Crippen molar-refractivity contribution >= 4 is 11.9 Å². The quantitative estimate of drug-likeness (QED) is 0.417. The van der Waals surface area contributed by atoms with E-state index in [1.165, 1.54) is 0 Å². The van der Waals surface area contributed by atoms with Crippen molar-refractivity contribution in [2.45, 2.75) is 26.4 Å². The highest BCUT2D eigenvalue weighted by atomic mass is 16.7. The van der Waals surface area contributed by atoms with E-state index in [0.717, 1.165) is 13.8 Å². The van der Waals surface area contributed by atoms with Crippen LogP contribution in [-0.2, 0) is 19.1 Å². The number of aliphatic hydroxyl groups is 2. The molecule has 1 aliphatic heterocycles. The first-order valence-corrected chi connectivity index (χ1v) is 4.24. The van der Waals surface area contributed by atoms with Crippen LogP contribution >= 0.6 is 0 Å². The van der Waals surface area contributed by atoms with Crippen LogP contribution in [0, 0.1) is 0 Å². The van der Waals surface area contributed by atoms with E-state index in [1.54, 1.807) is 0 Å². The molecule has 1 heterocycles. The first-order chi connectivity index (χ1) is 7.25. The average Bonchev–Trinajstić information content (AvgIpc) is 2.08. The van der Waals surface area contributed by atoms with Crippen molar-refractivity contribution < 1.29 is 39.5 Å². The Bertz CT molecular complexity index is 166. The van der Waals surface area contributed by atoms with E-state index in [1.807, 2.05) is 0 Å². The van der Waals surface area contributed by atoms with E-state index in [0.29, 0.717) is 0 Å². The minimum absolute atomic E-state index is 0.0567. The van der Waals surface area contributed by atoms with Gasteiger partial charge in [0.1, 0.15) is 13.2 Å². The van der Waals surface area contributed by atoms with Crippen LogP contribution in [0.1, 0.15) is 13.8 Å². The van der Waals surface area contributed by atoms with E-state index in [2.05, 4.69) is 9.47 Å². The molecular weight excluding hydrogens is 224 g/mol. The Morgan fingerprint density at radius 2 is 1.12 bits per heavy atom. The standard InChI is InChI=1S/C4H8O4.2C2H4O2/c5-3-1-7-4(6)2-8-3;2*1-2(3)4/h3-6H,1-2H2;2*1H3,(H,3,4)/t3-,4+;;. The number of hydrogen-bond donors (Lipinski definition) is 4. The molecule has 8 nitrogen and oxygen atoms in total. The lowest BCUT2D eigenvalue weighted by atomic mass is 10.5. The summed E-state index contributed by atoms with van der Waals surface area (Å²) in [6.07, 6.45) is -1.73. The van der Waals surface area contributed by atoms with Gasteiger partial charge in [-0.15, -0.1) is 0 Å². The summed E-state index contributed by atoms with van der Waals surface area (Å²) in [6.45, 7) is 2.28. The van der Waals surface area contributed by atoms with E-state index >= 15 is 0 Å². The van der Waals surface area contributed by atoms with Gasteiger partial charge in [-0.3, -0.25) is 9.59 Å².